The van der Waals surface area contributed by atoms with Crippen LogP contribution in [0.15, 0.2) is 0 Å². The molecule has 1 fully saturated rings. The molecule has 5 nitrogen and oxygen atoms in total. The zero-order valence-electron chi connectivity index (χ0n) is 8.56. The SMILES string of the molecule is CC(=O)[C@H](O)[C@H](O)[C@H]1COC(C)(C)O1. The highest BCUT2D eigenvalue weighted by molar-refractivity contribution is 5.80. The van der Waals surface area contributed by atoms with E-state index in [4.69, 9.17) is 9.47 Å². The summed E-state index contributed by atoms with van der Waals surface area (Å²) in [4.78, 5) is 10.8. The molecule has 2 N–H and O–H groups in total. The summed E-state index contributed by atoms with van der Waals surface area (Å²) in [6, 6.07) is 0. The Kier molecular flexibility index (Phi) is 3.26. The van der Waals surface area contributed by atoms with Crippen LogP contribution >= 0.6 is 0 Å². The number of hydrogen-bond acceptors (Lipinski definition) is 5. The van der Waals surface area contributed by atoms with Crippen molar-refractivity contribution in [3.05, 3.63) is 0 Å². The van der Waals surface area contributed by atoms with Crippen LogP contribution in [0, 0.1) is 0 Å². The highest BCUT2D eigenvalue weighted by Gasteiger charge is 2.40. The average molecular weight is 204 g/mol. The maximum Gasteiger partial charge on any atom is 0.163 e. The first kappa shape index (κ1) is 11.6. The third-order valence-electron chi connectivity index (χ3n) is 2.15. The van der Waals surface area contributed by atoms with E-state index in [1.807, 2.05) is 0 Å². The molecule has 0 aromatic carbocycles. The molecule has 0 aromatic rings. The van der Waals surface area contributed by atoms with Crippen LogP contribution in [0.5, 0.6) is 0 Å². The molecule has 1 saturated heterocycles. The van der Waals surface area contributed by atoms with Gasteiger partial charge in [-0.05, 0) is 20.8 Å². The van der Waals surface area contributed by atoms with Crippen molar-refractivity contribution < 1.29 is 24.5 Å². The first-order valence-electron chi connectivity index (χ1n) is 4.52. The smallest absolute Gasteiger partial charge is 0.163 e. The molecule has 0 amide bonds. The molecule has 0 aliphatic carbocycles. The van der Waals surface area contributed by atoms with Crippen molar-refractivity contribution in [3.8, 4) is 0 Å². The van der Waals surface area contributed by atoms with E-state index in [0.29, 0.717) is 0 Å². The third-order valence-corrected chi connectivity index (χ3v) is 2.15. The lowest BCUT2D eigenvalue weighted by Crippen LogP contribution is -2.43. The summed E-state index contributed by atoms with van der Waals surface area (Å²) >= 11 is 0. The minimum atomic E-state index is -1.41. The fraction of sp³-hybridized carbons (Fsp3) is 0.889. The Morgan fingerprint density at radius 1 is 1.50 bits per heavy atom. The van der Waals surface area contributed by atoms with Crippen LogP contribution in [-0.4, -0.2) is 46.7 Å². The van der Waals surface area contributed by atoms with Gasteiger partial charge in [-0.25, -0.2) is 0 Å². The van der Waals surface area contributed by atoms with Gasteiger partial charge < -0.3 is 19.7 Å². The predicted molar refractivity (Wildman–Crippen MR) is 47.6 cm³/mol. The van der Waals surface area contributed by atoms with Gasteiger partial charge in [0.15, 0.2) is 11.6 Å². The van der Waals surface area contributed by atoms with Gasteiger partial charge in [-0.2, -0.15) is 0 Å². The van der Waals surface area contributed by atoms with Crippen LogP contribution in [0.4, 0.5) is 0 Å². The Balaban J connectivity index is 2.55. The minimum Gasteiger partial charge on any atom is -0.387 e. The van der Waals surface area contributed by atoms with Gasteiger partial charge in [-0.3, -0.25) is 4.79 Å². The maximum atomic E-state index is 10.8. The van der Waals surface area contributed by atoms with Crippen molar-refractivity contribution in [1.82, 2.24) is 0 Å². The largest absolute Gasteiger partial charge is 0.387 e. The maximum absolute atomic E-state index is 10.8. The van der Waals surface area contributed by atoms with E-state index in [0.717, 1.165) is 0 Å². The molecule has 0 radical (unpaired) electrons. The van der Waals surface area contributed by atoms with Crippen molar-refractivity contribution >= 4 is 5.78 Å². The van der Waals surface area contributed by atoms with Crippen LogP contribution in [-0.2, 0) is 14.3 Å². The topological polar surface area (TPSA) is 76.0 Å². The van der Waals surface area contributed by atoms with Crippen molar-refractivity contribution in [2.75, 3.05) is 6.61 Å². The normalized spacial score (nSPS) is 29.9. The van der Waals surface area contributed by atoms with Crippen molar-refractivity contribution in [2.24, 2.45) is 0 Å². The van der Waals surface area contributed by atoms with Crippen molar-refractivity contribution in [2.45, 2.75) is 44.9 Å². The van der Waals surface area contributed by atoms with Gasteiger partial charge in [0.2, 0.25) is 0 Å². The lowest BCUT2D eigenvalue weighted by molar-refractivity contribution is -0.164. The molecule has 1 heterocycles. The van der Waals surface area contributed by atoms with E-state index in [1.54, 1.807) is 13.8 Å². The molecule has 0 aromatic heterocycles. The van der Waals surface area contributed by atoms with Gasteiger partial charge in [0.25, 0.3) is 0 Å². The van der Waals surface area contributed by atoms with Crippen LogP contribution < -0.4 is 0 Å². The summed E-state index contributed by atoms with van der Waals surface area (Å²) in [5.74, 6) is -1.24. The Bertz CT molecular complexity index is 225. The molecule has 1 rings (SSSR count). The Morgan fingerprint density at radius 2 is 2.07 bits per heavy atom. The van der Waals surface area contributed by atoms with E-state index < -0.39 is 29.9 Å². The number of aliphatic hydroxyl groups is 2. The summed E-state index contributed by atoms with van der Waals surface area (Å²) < 4.78 is 10.5. The van der Waals surface area contributed by atoms with E-state index in [9.17, 15) is 15.0 Å². The number of aliphatic hydroxyl groups excluding tert-OH is 2. The second kappa shape index (κ2) is 3.94. The lowest BCUT2D eigenvalue weighted by Gasteiger charge is -2.22. The quantitative estimate of drug-likeness (QED) is 0.645. The Hall–Kier alpha value is -0.490. The highest BCUT2D eigenvalue weighted by atomic mass is 16.7. The molecular formula is C9H16O5. The molecule has 3 atom stereocenters. The van der Waals surface area contributed by atoms with Crippen LogP contribution in [0.3, 0.4) is 0 Å². The van der Waals surface area contributed by atoms with Gasteiger partial charge in [0.05, 0.1) is 6.61 Å². The number of carbonyl (C=O) groups is 1. The first-order valence-corrected chi connectivity index (χ1v) is 4.52. The zero-order chi connectivity index (χ0) is 10.9. The number of ketones is 1. The molecule has 0 spiro atoms. The second-order valence-electron chi connectivity index (χ2n) is 3.91. The van der Waals surface area contributed by atoms with Crippen LogP contribution in [0.2, 0.25) is 0 Å². The van der Waals surface area contributed by atoms with Crippen molar-refractivity contribution in [1.29, 1.82) is 0 Å². The van der Waals surface area contributed by atoms with Crippen LogP contribution in [0.1, 0.15) is 20.8 Å². The second-order valence-corrected chi connectivity index (χ2v) is 3.91. The lowest BCUT2D eigenvalue weighted by atomic mass is 10.1. The minimum absolute atomic E-state index is 0.179. The number of Topliss-reactive ketones (excluding diaryl/α,β-unsaturated/α-hetero) is 1. The molecule has 0 bridgehead atoms. The van der Waals surface area contributed by atoms with Crippen LogP contribution in [0.25, 0.3) is 0 Å². The first-order chi connectivity index (χ1) is 6.33. The Morgan fingerprint density at radius 3 is 2.43 bits per heavy atom. The molecule has 5 heteroatoms. The molecule has 82 valence electrons. The molecule has 0 unspecified atom stereocenters. The van der Waals surface area contributed by atoms with Gasteiger partial charge in [-0.15, -0.1) is 0 Å². The fourth-order valence-corrected chi connectivity index (χ4v) is 1.33. The van der Waals surface area contributed by atoms with E-state index in [2.05, 4.69) is 0 Å². The monoisotopic (exact) mass is 204 g/mol. The summed E-state index contributed by atoms with van der Waals surface area (Å²) in [5, 5.41) is 18.8. The summed E-state index contributed by atoms with van der Waals surface area (Å²) in [6.07, 6.45) is -3.28. The molecule has 1 aliphatic rings. The third kappa shape index (κ3) is 2.51. The van der Waals surface area contributed by atoms with Gasteiger partial charge >= 0.3 is 0 Å². The highest BCUT2D eigenvalue weighted by Crippen LogP contribution is 2.25. The molecule has 14 heavy (non-hydrogen) atoms. The number of hydrogen-bond donors (Lipinski definition) is 2. The van der Waals surface area contributed by atoms with Gasteiger partial charge in [0, 0.05) is 0 Å². The summed E-state index contributed by atoms with van der Waals surface area (Å²) in [5.41, 5.74) is 0. The van der Waals surface area contributed by atoms with Gasteiger partial charge in [0.1, 0.15) is 18.3 Å². The van der Waals surface area contributed by atoms with E-state index >= 15 is 0 Å². The van der Waals surface area contributed by atoms with Gasteiger partial charge in [-0.1, -0.05) is 0 Å². The number of carbonyl (C=O) groups excluding carboxylic acids is 1. The van der Waals surface area contributed by atoms with Crippen molar-refractivity contribution in [3.63, 3.8) is 0 Å². The average Bonchev–Trinajstić information content (AvgIpc) is 2.43. The Labute approximate surface area is 82.6 Å². The van der Waals surface area contributed by atoms with E-state index in [-0.39, 0.29) is 6.61 Å². The fourth-order valence-electron chi connectivity index (χ4n) is 1.33. The summed E-state index contributed by atoms with van der Waals surface area (Å²) in [7, 11) is 0. The molecule has 0 saturated carbocycles. The predicted octanol–water partition coefficient (Wildman–Crippen LogP) is -0.551. The number of ether oxygens (including phenoxy) is 2. The number of rotatable bonds is 3. The molecular weight excluding hydrogens is 188 g/mol. The standard InChI is InChI=1S/C9H16O5/c1-5(10)7(11)8(12)6-4-13-9(2,3)14-6/h6-8,11-12H,4H2,1-3H3/t6-,7+,8-/m1/s1. The molecule has 1 aliphatic heterocycles. The van der Waals surface area contributed by atoms with E-state index in [1.165, 1.54) is 6.92 Å². The summed E-state index contributed by atoms with van der Waals surface area (Å²) in [6.45, 7) is 4.81. The zero-order valence-corrected chi connectivity index (χ0v) is 8.56.